The molecule has 1 aromatic heterocycles. The van der Waals surface area contributed by atoms with Gasteiger partial charge in [-0.2, -0.15) is 0 Å². The molecule has 6 heteroatoms. The van der Waals surface area contributed by atoms with Crippen LogP contribution in [0.3, 0.4) is 0 Å². The van der Waals surface area contributed by atoms with E-state index in [0.717, 1.165) is 22.3 Å². The van der Waals surface area contributed by atoms with Crippen LogP contribution in [0.5, 0.6) is 11.5 Å². The fourth-order valence-corrected chi connectivity index (χ4v) is 3.46. The van der Waals surface area contributed by atoms with Gasteiger partial charge in [-0.05, 0) is 42.3 Å². The quantitative estimate of drug-likeness (QED) is 0.298. The number of carbonyl (C=O) groups is 1. The number of esters is 1. The van der Waals surface area contributed by atoms with E-state index in [1.54, 1.807) is 44.4 Å². The lowest BCUT2D eigenvalue weighted by molar-refractivity contribution is -0.151. The molecule has 0 saturated heterocycles. The Morgan fingerprint density at radius 2 is 1.66 bits per heavy atom. The Balaban J connectivity index is 1.72. The minimum absolute atomic E-state index is 0.239. The maximum atomic E-state index is 12.5. The summed E-state index contributed by atoms with van der Waals surface area (Å²) in [5, 5.41) is 0.745. The number of carbonyl (C=O) groups excluding carboxylic acids is 1. The summed E-state index contributed by atoms with van der Waals surface area (Å²) in [5.41, 5.74) is 2.13. The van der Waals surface area contributed by atoms with Crippen molar-refractivity contribution in [3.05, 3.63) is 94.8 Å². The van der Waals surface area contributed by atoms with Crippen molar-refractivity contribution in [3.63, 3.8) is 0 Å². The van der Waals surface area contributed by atoms with Crippen molar-refractivity contribution in [3.8, 4) is 22.6 Å². The highest BCUT2D eigenvalue weighted by Gasteiger charge is 2.24. The smallest absolute Gasteiger partial charge is 0.352 e. The highest BCUT2D eigenvalue weighted by molar-refractivity contribution is 5.93. The van der Waals surface area contributed by atoms with E-state index in [9.17, 15) is 9.59 Å². The maximum absolute atomic E-state index is 12.5. The minimum atomic E-state index is -0.940. The van der Waals surface area contributed by atoms with E-state index in [1.807, 2.05) is 42.5 Å². The Kier molecular flexibility index (Phi) is 6.22. The van der Waals surface area contributed by atoms with E-state index >= 15 is 0 Å². The third-order valence-electron chi connectivity index (χ3n) is 4.97. The molecule has 0 spiro atoms. The summed E-state index contributed by atoms with van der Waals surface area (Å²) in [6, 6.07) is 23.1. The monoisotopic (exact) mass is 430 g/mol. The summed E-state index contributed by atoms with van der Waals surface area (Å²) in [6.45, 7) is 1.98. The molecular formula is C26H22O6. The molecule has 0 aliphatic heterocycles. The molecule has 0 aliphatic rings. The largest absolute Gasteiger partial charge is 0.497 e. The van der Waals surface area contributed by atoms with Gasteiger partial charge >= 0.3 is 11.6 Å². The van der Waals surface area contributed by atoms with Gasteiger partial charge in [-0.25, -0.2) is 9.59 Å². The Hall–Kier alpha value is -4.06. The molecule has 0 bridgehead atoms. The third kappa shape index (κ3) is 4.49. The Bertz CT molecular complexity index is 1280. The predicted molar refractivity (Wildman–Crippen MR) is 121 cm³/mol. The van der Waals surface area contributed by atoms with Crippen molar-refractivity contribution < 1.29 is 23.4 Å². The van der Waals surface area contributed by atoms with Gasteiger partial charge in [0.25, 0.3) is 0 Å². The molecular weight excluding hydrogens is 408 g/mol. The molecule has 32 heavy (non-hydrogen) atoms. The highest BCUT2D eigenvalue weighted by Crippen LogP contribution is 2.32. The van der Waals surface area contributed by atoms with Gasteiger partial charge in [0.1, 0.15) is 17.1 Å². The zero-order valence-electron chi connectivity index (χ0n) is 17.7. The molecule has 0 N–H and O–H groups in total. The average Bonchev–Trinajstić information content (AvgIpc) is 2.82. The second-order valence-electron chi connectivity index (χ2n) is 7.03. The van der Waals surface area contributed by atoms with Crippen molar-refractivity contribution >= 4 is 16.9 Å². The summed E-state index contributed by atoms with van der Waals surface area (Å²) in [4.78, 5) is 24.8. The number of hydrogen-bond acceptors (Lipinski definition) is 6. The first-order chi connectivity index (χ1) is 15.6. The first-order valence-corrected chi connectivity index (χ1v) is 10.2. The lowest BCUT2D eigenvalue weighted by Crippen LogP contribution is -2.21. The molecule has 1 atom stereocenters. The van der Waals surface area contributed by atoms with Crippen molar-refractivity contribution in [2.75, 3.05) is 13.7 Å². The van der Waals surface area contributed by atoms with Crippen LogP contribution in [0.2, 0.25) is 0 Å². The first kappa shape index (κ1) is 21.2. The van der Waals surface area contributed by atoms with Crippen molar-refractivity contribution in [1.82, 2.24) is 0 Å². The van der Waals surface area contributed by atoms with Crippen LogP contribution in [0.25, 0.3) is 22.1 Å². The molecule has 0 aliphatic carbocycles. The standard InChI is InChI=1S/C26H22O6/c1-3-30-26(28)25(18-7-5-4-6-8-18)31-20-13-14-21-22(16-24(27)32-23(21)15-20)17-9-11-19(29-2)12-10-17/h4-16,25H,3H2,1-2H3. The number of methoxy groups -OCH3 is 1. The fourth-order valence-electron chi connectivity index (χ4n) is 3.46. The summed E-state index contributed by atoms with van der Waals surface area (Å²) in [5.74, 6) is 0.615. The Morgan fingerprint density at radius 3 is 2.34 bits per heavy atom. The number of ether oxygens (including phenoxy) is 3. The number of fused-ring (bicyclic) bond motifs is 1. The summed E-state index contributed by atoms with van der Waals surface area (Å²) < 4.78 is 21.8. The van der Waals surface area contributed by atoms with Crippen LogP contribution in [0.1, 0.15) is 18.6 Å². The van der Waals surface area contributed by atoms with Gasteiger partial charge in [0.2, 0.25) is 6.10 Å². The van der Waals surface area contributed by atoms with Crippen LogP contribution in [-0.2, 0) is 9.53 Å². The van der Waals surface area contributed by atoms with Gasteiger partial charge in [0.15, 0.2) is 0 Å². The predicted octanol–water partition coefficient (Wildman–Crippen LogP) is 5.15. The normalized spacial score (nSPS) is 11.7. The lowest BCUT2D eigenvalue weighted by Gasteiger charge is -2.18. The van der Waals surface area contributed by atoms with Gasteiger partial charge in [-0.15, -0.1) is 0 Å². The van der Waals surface area contributed by atoms with E-state index in [0.29, 0.717) is 16.9 Å². The van der Waals surface area contributed by atoms with Crippen LogP contribution >= 0.6 is 0 Å². The van der Waals surface area contributed by atoms with E-state index in [4.69, 9.17) is 18.6 Å². The van der Waals surface area contributed by atoms with Crippen LogP contribution in [-0.4, -0.2) is 19.7 Å². The molecule has 0 saturated carbocycles. The van der Waals surface area contributed by atoms with Crippen LogP contribution in [0.4, 0.5) is 0 Å². The summed E-state index contributed by atoms with van der Waals surface area (Å²) >= 11 is 0. The van der Waals surface area contributed by atoms with E-state index in [2.05, 4.69) is 0 Å². The van der Waals surface area contributed by atoms with Crippen LogP contribution < -0.4 is 15.1 Å². The molecule has 1 unspecified atom stereocenters. The summed E-state index contributed by atoms with van der Waals surface area (Å²) in [7, 11) is 1.60. The fraction of sp³-hybridized carbons (Fsp3) is 0.154. The average molecular weight is 430 g/mol. The highest BCUT2D eigenvalue weighted by atomic mass is 16.6. The van der Waals surface area contributed by atoms with Crippen molar-refractivity contribution in [2.45, 2.75) is 13.0 Å². The van der Waals surface area contributed by atoms with E-state index < -0.39 is 17.7 Å². The van der Waals surface area contributed by atoms with Gasteiger partial charge in [0.05, 0.1) is 13.7 Å². The maximum Gasteiger partial charge on any atom is 0.352 e. The molecule has 3 aromatic carbocycles. The third-order valence-corrected chi connectivity index (χ3v) is 4.97. The molecule has 162 valence electrons. The molecule has 6 nitrogen and oxygen atoms in total. The second kappa shape index (κ2) is 9.39. The lowest BCUT2D eigenvalue weighted by atomic mass is 10.0. The van der Waals surface area contributed by atoms with Gasteiger partial charge in [-0.1, -0.05) is 42.5 Å². The van der Waals surface area contributed by atoms with Crippen molar-refractivity contribution in [1.29, 1.82) is 0 Å². The topological polar surface area (TPSA) is 75.0 Å². The number of hydrogen-bond donors (Lipinski definition) is 0. The summed E-state index contributed by atoms with van der Waals surface area (Å²) in [6.07, 6.45) is -0.940. The van der Waals surface area contributed by atoms with E-state index in [-0.39, 0.29) is 6.61 Å². The number of rotatable bonds is 7. The molecule has 0 fully saturated rings. The zero-order chi connectivity index (χ0) is 22.5. The molecule has 0 amide bonds. The Labute approximate surface area is 185 Å². The molecule has 0 radical (unpaired) electrons. The Morgan fingerprint density at radius 1 is 0.938 bits per heavy atom. The van der Waals surface area contributed by atoms with Crippen LogP contribution in [0.15, 0.2) is 88.1 Å². The molecule has 4 rings (SSSR count). The van der Waals surface area contributed by atoms with Gasteiger partial charge in [-0.3, -0.25) is 0 Å². The SMILES string of the molecule is CCOC(=O)C(Oc1ccc2c(-c3ccc(OC)cc3)cc(=O)oc2c1)c1ccccc1. The van der Waals surface area contributed by atoms with Gasteiger partial charge in [0, 0.05) is 23.1 Å². The second-order valence-corrected chi connectivity index (χ2v) is 7.03. The number of benzene rings is 3. The van der Waals surface area contributed by atoms with Crippen molar-refractivity contribution in [2.24, 2.45) is 0 Å². The first-order valence-electron chi connectivity index (χ1n) is 10.2. The van der Waals surface area contributed by atoms with Crippen LogP contribution in [0, 0.1) is 0 Å². The zero-order valence-corrected chi connectivity index (χ0v) is 17.7. The van der Waals surface area contributed by atoms with E-state index in [1.165, 1.54) is 6.07 Å². The molecule has 4 aromatic rings. The molecule has 1 heterocycles. The van der Waals surface area contributed by atoms with Gasteiger partial charge < -0.3 is 18.6 Å². The minimum Gasteiger partial charge on any atom is -0.497 e.